The van der Waals surface area contributed by atoms with Gasteiger partial charge < -0.3 is 9.80 Å². The number of piperidine rings is 2. The Hall–Kier alpha value is -1.93. The van der Waals surface area contributed by atoms with Crippen molar-refractivity contribution in [3.63, 3.8) is 0 Å². The lowest BCUT2D eigenvalue weighted by molar-refractivity contribution is -0.141. The molecule has 0 aromatic heterocycles. The Morgan fingerprint density at radius 1 is 1.07 bits per heavy atom. The number of fused-ring (bicyclic) bond motifs is 2. The number of anilines is 1. The van der Waals surface area contributed by atoms with Gasteiger partial charge in [0.15, 0.2) is 0 Å². The molecule has 0 radical (unpaired) electrons. The maximum Gasteiger partial charge on any atom is 0.243 e. The molecule has 156 valence electrons. The number of amides is 2. The summed E-state index contributed by atoms with van der Waals surface area (Å²) in [6, 6.07) is 5.74. The van der Waals surface area contributed by atoms with Crippen molar-refractivity contribution in [2.75, 3.05) is 24.5 Å². The van der Waals surface area contributed by atoms with Crippen LogP contribution in [0.15, 0.2) is 23.1 Å². The zero-order valence-corrected chi connectivity index (χ0v) is 17.5. The number of benzene rings is 1. The summed E-state index contributed by atoms with van der Waals surface area (Å²) in [5, 5.41) is 0. The van der Waals surface area contributed by atoms with Gasteiger partial charge in [-0.05, 0) is 55.7 Å². The molecule has 1 aromatic rings. The van der Waals surface area contributed by atoms with E-state index in [0.717, 1.165) is 36.9 Å². The molecule has 0 N–H and O–H groups in total. The summed E-state index contributed by atoms with van der Waals surface area (Å²) >= 11 is 0. The van der Waals surface area contributed by atoms with Gasteiger partial charge in [0.05, 0.1) is 4.90 Å². The van der Waals surface area contributed by atoms with Crippen molar-refractivity contribution in [2.45, 2.75) is 62.4 Å². The molecule has 0 spiro atoms. The standard InChI is InChI=1S/C21H27N3O4S/c1-14(25)23-11-8-15-2-6-18(12-20(15)23)29(27,28)22-10-9-19-16(13-22)3-7-21(26)24(19)17-4-5-17/h2,6,12,16-17,19H,3-5,7-11,13H2,1H3/t16-,19-/m1/s1. The van der Waals surface area contributed by atoms with Gasteiger partial charge >= 0.3 is 0 Å². The lowest BCUT2D eigenvalue weighted by Gasteiger charge is -2.46. The van der Waals surface area contributed by atoms with Crippen LogP contribution in [0.1, 0.15) is 44.6 Å². The first kappa shape index (κ1) is 19.1. The molecule has 7 nitrogen and oxygen atoms in total. The van der Waals surface area contributed by atoms with Crippen molar-refractivity contribution >= 4 is 27.5 Å². The first-order chi connectivity index (χ1) is 13.9. The van der Waals surface area contributed by atoms with E-state index in [-0.39, 0.29) is 28.7 Å². The lowest BCUT2D eigenvalue weighted by atomic mass is 9.84. The van der Waals surface area contributed by atoms with Crippen LogP contribution in [0.5, 0.6) is 0 Å². The lowest BCUT2D eigenvalue weighted by Crippen LogP contribution is -2.57. The zero-order valence-electron chi connectivity index (χ0n) is 16.7. The smallest absolute Gasteiger partial charge is 0.243 e. The van der Waals surface area contributed by atoms with Gasteiger partial charge in [-0.3, -0.25) is 9.59 Å². The summed E-state index contributed by atoms with van der Waals surface area (Å²) in [5.41, 5.74) is 1.74. The normalized spacial score (nSPS) is 27.7. The SMILES string of the molecule is CC(=O)N1CCc2ccc(S(=O)(=O)N3CC[C@@H]4[C@H](CCC(=O)N4C4CC4)C3)cc21. The minimum Gasteiger partial charge on any atom is -0.336 e. The molecular formula is C21H27N3O4S. The average Bonchev–Trinajstić information content (AvgIpc) is 3.44. The highest BCUT2D eigenvalue weighted by molar-refractivity contribution is 7.89. The highest BCUT2D eigenvalue weighted by Gasteiger charge is 2.47. The van der Waals surface area contributed by atoms with Crippen LogP contribution >= 0.6 is 0 Å². The van der Waals surface area contributed by atoms with E-state index in [2.05, 4.69) is 4.90 Å². The first-order valence-electron chi connectivity index (χ1n) is 10.6. The molecule has 3 aliphatic heterocycles. The Kier molecular flexibility index (Phi) is 4.47. The Bertz CT molecular complexity index is 972. The summed E-state index contributed by atoms with van der Waals surface area (Å²) in [7, 11) is -3.63. The number of hydrogen-bond acceptors (Lipinski definition) is 4. The molecule has 0 bridgehead atoms. The van der Waals surface area contributed by atoms with E-state index in [9.17, 15) is 18.0 Å². The van der Waals surface area contributed by atoms with Gasteiger partial charge in [0, 0.05) is 50.7 Å². The van der Waals surface area contributed by atoms with Crippen molar-refractivity contribution in [2.24, 2.45) is 5.92 Å². The van der Waals surface area contributed by atoms with Gasteiger partial charge in [-0.15, -0.1) is 0 Å². The van der Waals surface area contributed by atoms with Gasteiger partial charge in [0.2, 0.25) is 21.8 Å². The molecule has 1 saturated carbocycles. The number of carbonyl (C=O) groups excluding carboxylic acids is 2. The summed E-state index contributed by atoms with van der Waals surface area (Å²) in [4.78, 5) is 28.2. The summed E-state index contributed by atoms with van der Waals surface area (Å²) in [5.74, 6) is 0.388. The molecule has 3 fully saturated rings. The second-order valence-electron chi connectivity index (χ2n) is 8.76. The largest absolute Gasteiger partial charge is 0.336 e. The van der Waals surface area contributed by atoms with Gasteiger partial charge in [0.1, 0.15) is 0 Å². The minimum atomic E-state index is -3.63. The molecule has 8 heteroatoms. The van der Waals surface area contributed by atoms with Gasteiger partial charge in [-0.2, -0.15) is 4.31 Å². The van der Waals surface area contributed by atoms with E-state index in [1.807, 2.05) is 6.07 Å². The number of likely N-dealkylation sites (tertiary alicyclic amines) is 1. The fourth-order valence-electron chi connectivity index (χ4n) is 5.30. The maximum absolute atomic E-state index is 13.4. The van der Waals surface area contributed by atoms with E-state index in [1.54, 1.807) is 21.3 Å². The van der Waals surface area contributed by atoms with Crippen LogP contribution in [0, 0.1) is 5.92 Å². The fourth-order valence-corrected chi connectivity index (χ4v) is 6.83. The quantitative estimate of drug-likeness (QED) is 0.751. The summed E-state index contributed by atoms with van der Waals surface area (Å²) in [6.07, 6.45) is 4.92. The molecule has 29 heavy (non-hydrogen) atoms. The molecule has 2 saturated heterocycles. The highest BCUT2D eigenvalue weighted by Crippen LogP contribution is 2.40. The second kappa shape index (κ2) is 6.80. The van der Waals surface area contributed by atoms with E-state index < -0.39 is 10.0 Å². The highest BCUT2D eigenvalue weighted by atomic mass is 32.2. The van der Waals surface area contributed by atoms with E-state index in [1.165, 1.54) is 6.92 Å². The third-order valence-corrected chi connectivity index (χ3v) is 8.80. The number of nitrogens with zero attached hydrogens (tertiary/aromatic N) is 3. The van der Waals surface area contributed by atoms with Crippen LogP contribution < -0.4 is 4.90 Å². The predicted molar refractivity (Wildman–Crippen MR) is 108 cm³/mol. The number of carbonyl (C=O) groups is 2. The summed E-state index contributed by atoms with van der Waals surface area (Å²) in [6.45, 7) is 3.02. The first-order valence-corrected chi connectivity index (χ1v) is 12.0. The molecule has 4 aliphatic rings. The van der Waals surface area contributed by atoms with Crippen LogP contribution in [0.4, 0.5) is 5.69 Å². The molecule has 2 atom stereocenters. The minimum absolute atomic E-state index is 0.0637. The maximum atomic E-state index is 13.4. The topological polar surface area (TPSA) is 78.0 Å². The fraction of sp³-hybridized carbons (Fsp3) is 0.619. The van der Waals surface area contributed by atoms with Crippen molar-refractivity contribution in [1.29, 1.82) is 0 Å². The second-order valence-corrected chi connectivity index (χ2v) is 10.7. The molecule has 2 amide bonds. The van der Waals surface area contributed by atoms with Crippen molar-refractivity contribution < 1.29 is 18.0 Å². The monoisotopic (exact) mass is 417 g/mol. The molecule has 1 aromatic carbocycles. The average molecular weight is 418 g/mol. The molecule has 1 aliphatic carbocycles. The Morgan fingerprint density at radius 3 is 2.59 bits per heavy atom. The third-order valence-electron chi connectivity index (χ3n) is 6.94. The number of rotatable bonds is 3. The van der Waals surface area contributed by atoms with E-state index >= 15 is 0 Å². The predicted octanol–water partition coefficient (Wildman–Crippen LogP) is 1.76. The van der Waals surface area contributed by atoms with Crippen molar-refractivity contribution in [3.05, 3.63) is 23.8 Å². The molecule has 5 rings (SSSR count). The van der Waals surface area contributed by atoms with Crippen LogP contribution in [-0.4, -0.2) is 61.2 Å². The zero-order chi connectivity index (χ0) is 20.3. The van der Waals surface area contributed by atoms with Crippen LogP contribution in [0.25, 0.3) is 0 Å². The van der Waals surface area contributed by atoms with Crippen LogP contribution in [-0.2, 0) is 26.0 Å². The molecule has 3 heterocycles. The van der Waals surface area contributed by atoms with Gasteiger partial charge in [-0.25, -0.2) is 8.42 Å². The van der Waals surface area contributed by atoms with Gasteiger partial charge in [-0.1, -0.05) is 6.07 Å². The van der Waals surface area contributed by atoms with Gasteiger partial charge in [0.25, 0.3) is 0 Å². The van der Waals surface area contributed by atoms with E-state index in [0.29, 0.717) is 38.5 Å². The Morgan fingerprint density at radius 2 is 1.86 bits per heavy atom. The van der Waals surface area contributed by atoms with Crippen molar-refractivity contribution in [3.8, 4) is 0 Å². The van der Waals surface area contributed by atoms with Crippen molar-refractivity contribution in [1.82, 2.24) is 9.21 Å². The third kappa shape index (κ3) is 3.17. The molecule has 0 unspecified atom stereocenters. The Balaban J connectivity index is 1.38. The Labute approximate surface area is 171 Å². The number of hydrogen-bond donors (Lipinski definition) is 0. The van der Waals surface area contributed by atoms with Crippen LogP contribution in [0.2, 0.25) is 0 Å². The molecular weight excluding hydrogens is 390 g/mol. The summed E-state index contributed by atoms with van der Waals surface area (Å²) < 4.78 is 28.3. The van der Waals surface area contributed by atoms with Crippen LogP contribution in [0.3, 0.4) is 0 Å². The number of sulfonamides is 1. The van der Waals surface area contributed by atoms with E-state index in [4.69, 9.17) is 0 Å².